The van der Waals surface area contributed by atoms with Gasteiger partial charge in [0.05, 0.1) is 16.9 Å². The summed E-state index contributed by atoms with van der Waals surface area (Å²) in [6.45, 7) is 0. The van der Waals surface area contributed by atoms with E-state index in [1.165, 1.54) is 0 Å². The van der Waals surface area contributed by atoms with Crippen molar-refractivity contribution in [2.45, 2.75) is 50.7 Å². The first-order chi connectivity index (χ1) is 16.0. The van der Waals surface area contributed by atoms with Crippen molar-refractivity contribution in [3.63, 3.8) is 0 Å². The van der Waals surface area contributed by atoms with Gasteiger partial charge in [0.2, 0.25) is 0 Å². The molecule has 5 rings (SSSR count). The Labute approximate surface area is 198 Å². The van der Waals surface area contributed by atoms with Crippen LogP contribution in [-0.2, 0) is 11.9 Å². The van der Waals surface area contributed by atoms with Crippen molar-refractivity contribution in [1.82, 2.24) is 9.55 Å². The standard InChI is InChI=1S/C26H29ClN4O2/c1-30(22-16-24(32)31(2)21-14-15-23(27)28-26(21)22)19-10-8-18(9-11-19)25(29-33-20-12-13-20)17-6-4-3-5-7-17/h3-7,14-16,18-20H,8-13H2,1-2H3/b29-25+. The lowest BCUT2D eigenvalue weighted by Crippen LogP contribution is -2.37. The summed E-state index contributed by atoms with van der Waals surface area (Å²) in [4.78, 5) is 25.1. The van der Waals surface area contributed by atoms with Crippen molar-refractivity contribution >= 4 is 34.0 Å². The van der Waals surface area contributed by atoms with E-state index in [4.69, 9.17) is 16.4 Å². The van der Waals surface area contributed by atoms with Gasteiger partial charge < -0.3 is 14.3 Å². The normalized spacial score (nSPS) is 21.2. The van der Waals surface area contributed by atoms with E-state index in [0.717, 1.165) is 66.5 Å². The number of hydrogen-bond acceptors (Lipinski definition) is 5. The Hall–Kier alpha value is -2.86. The number of benzene rings is 1. The summed E-state index contributed by atoms with van der Waals surface area (Å²) in [5.41, 5.74) is 4.56. The highest BCUT2D eigenvalue weighted by Crippen LogP contribution is 2.34. The quantitative estimate of drug-likeness (QED) is 0.287. The molecule has 7 heteroatoms. The van der Waals surface area contributed by atoms with Crippen molar-refractivity contribution < 1.29 is 4.84 Å². The molecule has 2 fully saturated rings. The molecule has 0 N–H and O–H groups in total. The van der Waals surface area contributed by atoms with E-state index in [9.17, 15) is 4.79 Å². The van der Waals surface area contributed by atoms with Gasteiger partial charge in [-0.15, -0.1) is 0 Å². The highest BCUT2D eigenvalue weighted by atomic mass is 35.5. The number of fused-ring (bicyclic) bond motifs is 1. The Kier molecular flexibility index (Phi) is 6.11. The molecule has 3 aromatic rings. The van der Waals surface area contributed by atoms with Crippen LogP contribution in [-0.4, -0.2) is 34.5 Å². The van der Waals surface area contributed by atoms with Crippen LogP contribution in [0, 0.1) is 5.92 Å². The predicted molar refractivity (Wildman–Crippen MR) is 133 cm³/mol. The molecule has 2 saturated carbocycles. The highest BCUT2D eigenvalue weighted by Gasteiger charge is 2.30. The average molecular weight is 465 g/mol. The molecule has 0 amide bonds. The monoisotopic (exact) mass is 464 g/mol. The lowest BCUT2D eigenvalue weighted by atomic mass is 9.80. The minimum Gasteiger partial charge on any atom is -0.392 e. The lowest BCUT2D eigenvalue weighted by Gasteiger charge is -2.36. The minimum absolute atomic E-state index is 0.0436. The molecular weight excluding hydrogens is 436 g/mol. The van der Waals surface area contributed by atoms with Crippen molar-refractivity contribution in [3.05, 3.63) is 69.6 Å². The molecule has 0 radical (unpaired) electrons. The smallest absolute Gasteiger partial charge is 0.252 e. The fourth-order valence-electron chi connectivity index (χ4n) is 4.77. The maximum Gasteiger partial charge on any atom is 0.252 e. The Balaban J connectivity index is 1.37. The van der Waals surface area contributed by atoms with Gasteiger partial charge in [0.25, 0.3) is 5.56 Å². The van der Waals surface area contributed by atoms with Crippen LogP contribution in [0.4, 0.5) is 5.69 Å². The number of halogens is 1. The topological polar surface area (TPSA) is 59.7 Å². The molecule has 0 spiro atoms. The highest BCUT2D eigenvalue weighted by molar-refractivity contribution is 6.29. The first kappa shape index (κ1) is 22.0. The van der Waals surface area contributed by atoms with E-state index < -0.39 is 0 Å². The van der Waals surface area contributed by atoms with Crippen LogP contribution in [0.2, 0.25) is 5.15 Å². The Morgan fingerprint density at radius 1 is 1.09 bits per heavy atom. The first-order valence-electron chi connectivity index (χ1n) is 11.7. The van der Waals surface area contributed by atoms with Gasteiger partial charge in [-0.1, -0.05) is 47.1 Å². The van der Waals surface area contributed by atoms with Crippen LogP contribution in [0.5, 0.6) is 0 Å². The zero-order valence-electron chi connectivity index (χ0n) is 19.1. The summed E-state index contributed by atoms with van der Waals surface area (Å²) in [5, 5.41) is 5.04. The molecule has 0 atom stereocenters. The average Bonchev–Trinajstić information content (AvgIpc) is 3.67. The number of aromatic nitrogens is 2. The van der Waals surface area contributed by atoms with Crippen LogP contribution in [0.25, 0.3) is 11.0 Å². The summed E-state index contributed by atoms with van der Waals surface area (Å²) in [7, 11) is 3.83. The molecule has 0 saturated heterocycles. The SMILES string of the molecule is CN(c1cc(=O)n(C)c2ccc(Cl)nc12)C1CCC(/C(=N/OC2CC2)c2ccccc2)CC1. The summed E-state index contributed by atoms with van der Waals surface area (Å²) in [5.74, 6) is 0.365. The Morgan fingerprint density at radius 2 is 1.82 bits per heavy atom. The zero-order chi connectivity index (χ0) is 22.9. The van der Waals surface area contributed by atoms with Crippen LogP contribution in [0.3, 0.4) is 0 Å². The number of oxime groups is 1. The molecule has 0 unspecified atom stereocenters. The number of aryl methyl sites for hydroxylation is 1. The van der Waals surface area contributed by atoms with Crippen LogP contribution in [0.1, 0.15) is 44.1 Å². The van der Waals surface area contributed by atoms with E-state index in [0.29, 0.717) is 23.2 Å². The Morgan fingerprint density at radius 3 is 2.52 bits per heavy atom. The third-order valence-electron chi connectivity index (χ3n) is 6.94. The van der Waals surface area contributed by atoms with Gasteiger partial charge in [0.15, 0.2) is 0 Å². The van der Waals surface area contributed by atoms with E-state index in [-0.39, 0.29) is 5.56 Å². The van der Waals surface area contributed by atoms with Crippen molar-refractivity contribution in [2.24, 2.45) is 18.1 Å². The maximum absolute atomic E-state index is 12.6. The predicted octanol–water partition coefficient (Wildman–Crippen LogP) is 5.17. The number of pyridine rings is 2. The van der Waals surface area contributed by atoms with Crippen molar-refractivity contribution in [1.29, 1.82) is 0 Å². The molecule has 0 aliphatic heterocycles. The van der Waals surface area contributed by atoms with Gasteiger partial charge >= 0.3 is 0 Å². The molecule has 2 aromatic heterocycles. The second kappa shape index (κ2) is 9.18. The summed E-state index contributed by atoms with van der Waals surface area (Å²) in [6, 6.07) is 16.0. The molecule has 6 nitrogen and oxygen atoms in total. The summed E-state index contributed by atoms with van der Waals surface area (Å²) < 4.78 is 1.62. The largest absolute Gasteiger partial charge is 0.392 e. The zero-order valence-corrected chi connectivity index (χ0v) is 19.8. The van der Waals surface area contributed by atoms with E-state index in [1.807, 2.05) is 12.1 Å². The molecule has 33 heavy (non-hydrogen) atoms. The molecule has 0 bridgehead atoms. The second-order valence-corrected chi connectivity index (χ2v) is 9.58. The molecule has 2 heterocycles. The lowest BCUT2D eigenvalue weighted by molar-refractivity contribution is 0.127. The Bertz CT molecular complexity index is 1230. The summed E-state index contributed by atoms with van der Waals surface area (Å²) in [6.07, 6.45) is 6.56. The van der Waals surface area contributed by atoms with E-state index >= 15 is 0 Å². The molecule has 2 aliphatic carbocycles. The minimum atomic E-state index is -0.0436. The van der Waals surface area contributed by atoms with Crippen LogP contribution >= 0.6 is 11.6 Å². The molecule has 2 aliphatic rings. The van der Waals surface area contributed by atoms with Crippen LogP contribution in [0.15, 0.2) is 58.5 Å². The third-order valence-corrected chi connectivity index (χ3v) is 7.15. The van der Waals surface area contributed by atoms with Crippen molar-refractivity contribution in [2.75, 3.05) is 11.9 Å². The third kappa shape index (κ3) is 4.62. The first-order valence-corrected chi connectivity index (χ1v) is 12.1. The van der Waals surface area contributed by atoms with Gasteiger partial charge in [-0.25, -0.2) is 4.98 Å². The van der Waals surface area contributed by atoms with Gasteiger partial charge in [-0.3, -0.25) is 4.79 Å². The summed E-state index contributed by atoms with van der Waals surface area (Å²) >= 11 is 6.20. The molecule has 172 valence electrons. The van der Waals surface area contributed by atoms with Gasteiger partial charge in [0.1, 0.15) is 16.8 Å². The van der Waals surface area contributed by atoms with Gasteiger partial charge in [-0.05, 0) is 56.2 Å². The van der Waals surface area contributed by atoms with Crippen LogP contribution < -0.4 is 10.5 Å². The molecular formula is C26H29ClN4O2. The fraction of sp³-hybridized carbons (Fsp3) is 0.423. The van der Waals surface area contributed by atoms with Crippen molar-refractivity contribution in [3.8, 4) is 0 Å². The number of rotatable bonds is 6. The van der Waals surface area contributed by atoms with Gasteiger partial charge in [-0.2, -0.15) is 0 Å². The number of nitrogens with zero attached hydrogens (tertiary/aromatic N) is 4. The number of anilines is 1. The van der Waals surface area contributed by atoms with E-state index in [2.05, 4.69) is 46.4 Å². The fourth-order valence-corrected chi connectivity index (χ4v) is 4.91. The van der Waals surface area contributed by atoms with Gasteiger partial charge in [0, 0.05) is 32.1 Å². The molecule has 1 aromatic carbocycles. The van der Waals surface area contributed by atoms with E-state index in [1.54, 1.807) is 23.7 Å². The maximum atomic E-state index is 12.6. The second-order valence-electron chi connectivity index (χ2n) is 9.19. The number of hydrogen-bond donors (Lipinski definition) is 0.